The maximum Gasteiger partial charge on any atom is 0.293 e. The van der Waals surface area contributed by atoms with Crippen molar-refractivity contribution in [2.45, 2.75) is 6.42 Å². The maximum atomic E-state index is 12.6. The highest BCUT2D eigenvalue weighted by Gasteiger charge is 2.18. The van der Waals surface area contributed by atoms with Gasteiger partial charge in [0, 0.05) is 41.7 Å². The van der Waals surface area contributed by atoms with Crippen LogP contribution in [-0.4, -0.2) is 51.2 Å². The molecule has 3 aromatic rings. The minimum absolute atomic E-state index is 0.0760. The van der Waals surface area contributed by atoms with Crippen LogP contribution >= 0.6 is 11.8 Å². The van der Waals surface area contributed by atoms with Crippen molar-refractivity contribution in [2.75, 3.05) is 29.9 Å². The van der Waals surface area contributed by atoms with Gasteiger partial charge in [-0.25, -0.2) is 0 Å². The maximum absolute atomic E-state index is 12.6. The number of non-ortho nitro benzene ring substituents is 1. The molecule has 2 N–H and O–H groups in total. The van der Waals surface area contributed by atoms with Crippen molar-refractivity contribution in [3.8, 4) is 0 Å². The number of fused-ring (bicyclic) bond motifs is 1. The molecule has 0 aliphatic carbocycles. The van der Waals surface area contributed by atoms with Gasteiger partial charge in [-0.15, -0.1) is 0 Å². The van der Waals surface area contributed by atoms with Gasteiger partial charge in [-0.1, -0.05) is 24.3 Å². The SMILES string of the molecule is O=C(Nc1ccc(CC(=O)N2CCSCC2)cc1)c1cc2cccc([N+](=O)[O-])c2[nH]1. The molecule has 1 aromatic heterocycles. The Hall–Kier alpha value is -3.33. The molecule has 154 valence electrons. The average Bonchev–Trinajstić information content (AvgIpc) is 3.20. The molecule has 2 amide bonds. The van der Waals surface area contributed by atoms with Crippen molar-refractivity contribution in [1.82, 2.24) is 9.88 Å². The molecular formula is C21H20N4O4S. The fourth-order valence-electron chi connectivity index (χ4n) is 3.42. The molecule has 30 heavy (non-hydrogen) atoms. The monoisotopic (exact) mass is 424 g/mol. The van der Waals surface area contributed by atoms with E-state index in [9.17, 15) is 19.7 Å². The molecule has 4 rings (SSSR count). The normalized spacial score (nSPS) is 13.9. The Labute approximate surface area is 176 Å². The number of carbonyl (C=O) groups excluding carboxylic acids is 2. The summed E-state index contributed by atoms with van der Waals surface area (Å²) in [6, 6.07) is 13.4. The van der Waals surface area contributed by atoms with E-state index in [0.717, 1.165) is 30.2 Å². The summed E-state index contributed by atoms with van der Waals surface area (Å²) in [5, 5.41) is 14.5. The van der Waals surface area contributed by atoms with Crippen molar-refractivity contribution in [1.29, 1.82) is 0 Å². The number of anilines is 1. The van der Waals surface area contributed by atoms with Gasteiger partial charge in [-0.3, -0.25) is 19.7 Å². The Morgan fingerprint density at radius 2 is 1.87 bits per heavy atom. The number of H-pyrrole nitrogens is 1. The second kappa shape index (κ2) is 8.58. The molecule has 1 saturated heterocycles. The number of thioether (sulfide) groups is 1. The molecule has 0 bridgehead atoms. The van der Waals surface area contributed by atoms with Gasteiger partial charge in [0.05, 0.1) is 11.3 Å². The van der Waals surface area contributed by atoms with E-state index < -0.39 is 10.8 Å². The number of carbonyl (C=O) groups is 2. The molecule has 0 unspecified atom stereocenters. The zero-order valence-electron chi connectivity index (χ0n) is 16.1. The highest BCUT2D eigenvalue weighted by atomic mass is 32.2. The van der Waals surface area contributed by atoms with Gasteiger partial charge in [0.1, 0.15) is 11.2 Å². The molecule has 0 saturated carbocycles. The van der Waals surface area contributed by atoms with Crippen LogP contribution in [0.2, 0.25) is 0 Å². The first-order valence-electron chi connectivity index (χ1n) is 9.53. The predicted octanol–water partition coefficient (Wildman–Crippen LogP) is 3.45. The molecule has 8 nitrogen and oxygen atoms in total. The van der Waals surface area contributed by atoms with Crippen molar-refractivity contribution in [3.05, 3.63) is 69.9 Å². The zero-order chi connectivity index (χ0) is 21.1. The highest BCUT2D eigenvalue weighted by Crippen LogP contribution is 2.25. The van der Waals surface area contributed by atoms with Crippen LogP contribution in [-0.2, 0) is 11.2 Å². The fraction of sp³-hybridized carbons (Fsp3) is 0.238. The lowest BCUT2D eigenvalue weighted by molar-refractivity contribution is -0.383. The van der Waals surface area contributed by atoms with Crippen LogP contribution in [0.4, 0.5) is 11.4 Å². The van der Waals surface area contributed by atoms with E-state index in [2.05, 4.69) is 10.3 Å². The first kappa shape index (κ1) is 20.0. The number of benzene rings is 2. The standard InChI is InChI=1S/C21H20N4O4S/c26-19(24-8-10-30-11-9-24)12-14-4-6-16(7-5-14)22-21(27)17-13-15-2-1-3-18(25(28)29)20(15)23-17/h1-7,13,23H,8-12H2,(H,22,27). The van der Waals surface area contributed by atoms with Crippen molar-refractivity contribution in [3.63, 3.8) is 0 Å². The molecule has 1 aliphatic heterocycles. The van der Waals surface area contributed by atoms with Gasteiger partial charge in [0.15, 0.2) is 0 Å². The molecule has 1 aliphatic rings. The van der Waals surface area contributed by atoms with Crippen molar-refractivity contribution >= 4 is 45.9 Å². The predicted molar refractivity (Wildman–Crippen MR) is 117 cm³/mol. The van der Waals surface area contributed by atoms with Gasteiger partial charge in [-0.2, -0.15) is 11.8 Å². The van der Waals surface area contributed by atoms with Crippen LogP contribution < -0.4 is 5.32 Å². The molecule has 2 aromatic carbocycles. The Morgan fingerprint density at radius 3 is 2.57 bits per heavy atom. The van der Waals surface area contributed by atoms with Crippen molar-refractivity contribution < 1.29 is 14.5 Å². The van der Waals surface area contributed by atoms with Crippen LogP contribution in [0.25, 0.3) is 10.9 Å². The van der Waals surface area contributed by atoms with Gasteiger partial charge in [0.2, 0.25) is 5.91 Å². The highest BCUT2D eigenvalue weighted by molar-refractivity contribution is 7.99. The summed E-state index contributed by atoms with van der Waals surface area (Å²) in [6.07, 6.45) is 0.338. The summed E-state index contributed by atoms with van der Waals surface area (Å²) >= 11 is 1.86. The molecule has 1 fully saturated rings. The van der Waals surface area contributed by atoms with Gasteiger partial charge in [-0.05, 0) is 23.8 Å². The Bertz CT molecular complexity index is 1100. The first-order valence-corrected chi connectivity index (χ1v) is 10.7. The van der Waals surface area contributed by atoms with Gasteiger partial charge in [0.25, 0.3) is 11.6 Å². The van der Waals surface area contributed by atoms with E-state index in [4.69, 9.17) is 0 Å². The Balaban J connectivity index is 1.42. The largest absolute Gasteiger partial charge is 0.345 e. The second-order valence-corrected chi connectivity index (χ2v) is 8.23. The number of aromatic nitrogens is 1. The van der Waals surface area contributed by atoms with E-state index in [1.165, 1.54) is 6.07 Å². The van der Waals surface area contributed by atoms with E-state index in [-0.39, 0.29) is 17.3 Å². The minimum Gasteiger partial charge on any atom is -0.345 e. The lowest BCUT2D eigenvalue weighted by atomic mass is 10.1. The number of amides is 2. The van der Waals surface area contributed by atoms with Gasteiger partial charge < -0.3 is 15.2 Å². The third-order valence-corrected chi connectivity index (χ3v) is 5.95. The number of para-hydroxylation sites is 1. The zero-order valence-corrected chi connectivity index (χ0v) is 16.9. The quantitative estimate of drug-likeness (QED) is 0.482. The lowest BCUT2D eigenvalue weighted by Crippen LogP contribution is -2.38. The van der Waals surface area contributed by atoms with Crippen LogP contribution in [0.15, 0.2) is 48.5 Å². The topological polar surface area (TPSA) is 108 Å². The Kier molecular flexibility index (Phi) is 5.71. The third kappa shape index (κ3) is 4.30. The average molecular weight is 424 g/mol. The van der Waals surface area contributed by atoms with E-state index in [1.54, 1.807) is 30.3 Å². The van der Waals surface area contributed by atoms with E-state index >= 15 is 0 Å². The number of aromatic amines is 1. The minimum atomic E-state index is -0.483. The molecular weight excluding hydrogens is 404 g/mol. The molecule has 2 heterocycles. The molecule has 9 heteroatoms. The lowest BCUT2D eigenvalue weighted by Gasteiger charge is -2.26. The molecule has 0 spiro atoms. The van der Waals surface area contributed by atoms with Crippen molar-refractivity contribution in [2.24, 2.45) is 0 Å². The smallest absolute Gasteiger partial charge is 0.293 e. The number of nitrogens with one attached hydrogen (secondary N) is 2. The summed E-state index contributed by atoms with van der Waals surface area (Å²) in [5.74, 6) is 1.68. The number of nitro groups is 1. The van der Waals surface area contributed by atoms with Crippen LogP contribution in [0.3, 0.4) is 0 Å². The summed E-state index contributed by atoms with van der Waals surface area (Å²) < 4.78 is 0. The fourth-order valence-corrected chi connectivity index (χ4v) is 4.32. The number of rotatable bonds is 5. The second-order valence-electron chi connectivity index (χ2n) is 7.00. The number of hydrogen-bond acceptors (Lipinski definition) is 5. The number of nitrogens with zero attached hydrogens (tertiary/aromatic N) is 2. The number of hydrogen-bond donors (Lipinski definition) is 2. The number of nitro benzene ring substituents is 1. The summed E-state index contributed by atoms with van der Waals surface area (Å²) in [6.45, 7) is 1.58. The molecule has 0 atom stereocenters. The van der Waals surface area contributed by atoms with Crippen LogP contribution in [0.1, 0.15) is 16.1 Å². The summed E-state index contributed by atoms with van der Waals surface area (Å²) in [4.78, 5) is 40.3. The summed E-state index contributed by atoms with van der Waals surface area (Å²) in [5.41, 5.74) is 1.95. The summed E-state index contributed by atoms with van der Waals surface area (Å²) in [7, 11) is 0. The first-order chi connectivity index (χ1) is 14.5. The third-order valence-electron chi connectivity index (χ3n) is 5.01. The van der Waals surface area contributed by atoms with Crippen LogP contribution in [0, 0.1) is 10.1 Å². The molecule has 0 radical (unpaired) electrons. The Morgan fingerprint density at radius 1 is 1.13 bits per heavy atom. The van der Waals surface area contributed by atoms with Gasteiger partial charge >= 0.3 is 0 Å². The van der Waals surface area contributed by atoms with E-state index in [1.807, 2.05) is 28.8 Å². The van der Waals surface area contributed by atoms with Crippen LogP contribution in [0.5, 0.6) is 0 Å². The van der Waals surface area contributed by atoms with E-state index in [0.29, 0.717) is 23.0 Å².